The summed E-state index contributed by atoms with van der Waals surface area (Å²) in [6.07, 6.45) is 0.789. The Hall–Kier alpha value is -1.30. The van der Waals surface area contributed by atoms with Crippen LogP contribution in [-0.4, -0.2) is 41.4 Å². The normalized spacial score (nSPS) is 13.0. The molecule has 0 aromatic carbocycles. The average Bonchev–Trinajstić information content (AvgIpc) is 2.11. The summed E-state index contributed by atoms with van der Waals surface area (Å²) < 4.78 is 0. The number of carboxylic acid groups (broad SMARTS) is 1. The van der Waals surface area contributed by atoms with E-state index in [0.29, 0.717) is 6.54 Å². The Kier molecular flexibility index (Phi) is 5.81. The number of urea groups is 1. The van der Waals surface area contributed by atoms with Crippen molar-refractivity contribution >= 4 is 12.0 Å². The Morgan fingerprint density at radius 2 is 1.88 bits per heavy atom. The second kappa shape index (κ2) is 6.32. The predicted molar refractivity (Wildman–Crippen MR) is 59.1 cm³/mol. The van der Waals surface area contributed by atoms with Crippen molar-refractivity contribution in [3.63, 3.8) is 0 Å². The monoisotopic (exact) mass is 232 g/mol. The van der Waals surface area contributed by atoms with Crippen LogP contribution in [-0.2, 0) is 4.79 Å². The molecule has 0 aliphatic heterocycles. The third kappa shape index (κ3) is 7.05. The molecule has 0 unspecified atom stereocenters. The smallest absolute Gasteiger partial charge is 0.328 e. The second-order valence-electron chi connectivity index (χ2n) is 4.78. The van der Waals surface area contributed by atoms with Crippen molar-refractivity contribution in [1.29, 1.82) is 0 Å². The van der Waals surface area contributed by atoms with Gasteiger partial charge in [0, 0.05) is 6.54 Å². The Bertz CT molecular complexity index is 248. The molecule has 4 N–H and O–H groups in total. The molecule has 0 heterocycles. The molecule has 0 rings (SSSR count). The second-order valence-corrected chi connectivity index (χ2v) is 4.78. The number of aliphatic hydroxyl groups is 1. The minimum atomic E-state index is -1.26. The number of amides is 2. The molecule has 0 aliphatic carbocycles. The average molecular weight is 232 g/mol. The molecule has 2 amide bonds. The molecule has 16 heavy (non-hydrogen) atoms. The van der Waals surface area contributed by atoms with Crippen molar-refractivity contribution in [2.24, 2.45) is 5.41 Å². The lowest BCUT2D eigenvalue weighted by Gasteiger charge is -2.19. The van der Waals surface area contributed by atoms with Gasteiger partial charge in [-0.1, -0.05) is 20.8 Å². The van der Waals surface area contributed by atoms with Crippen LogP contribution in [0.3, 0.4) is 0 Å². The largest absolute Gasteiger partial charge is 0.480 e. The van der Waals surface area contributed by atoms with Crippen LogP contribution in [0, 0.1) is 5.41 Å². The number of hydrogen-bond acceptors (Lipinski definition) is 3. The summed E-state index contributed by atoms with van der Waals surface area (Å²) in [6, 6.07) is -1.83. The highest BCUT2D eigenvalue weighted by Crippen LogP contribution is 2.16. The van der Waals surface area contributed by atoms with Gasteiger partial charge in [0.15, 0.2) is 6.04 Å². The van der Waals surface area contributed by atoms with E-state index in [0.717, 1.165) is 6.42 Å². The van der Waals surface area contributed by atoms with Gasteiger partial charge in [-0.3, -0.25) is 0 Å². The molecule has 6 nitrogen and oxygen atoms in total. The first kappa shape index (κ1) is 14.7. The van der Waals surface area contributed by atoms with E-state index in [4.69, 9.17) is 10.2 Å². The summed E-state index contributed by atoms with van der Waals surface area (Å²) in [6.45, 7) is 5.97. The van der Waals surface area contributed by atoms with Crippen LogP contribution < -0.4 is 10.6 Å². The highest BCUT2D eigenvalue weighted by molar-refractivity contribution is 5.82. The number of carbonyl (C=O) groups is 2. The number of nitrogens with one attached hydrogen (secondary N) is 2. The first-order chi connectivity index (χ1) is 7.26. The van der Waals surface area contributed by atoms with E-state index in [1.54, 1.807) is 0 Å². The van der Waals surface area contributed by atoms with Crippen molar-refractivity contribution in [2.75, 3.05) is 13.2 Å². The lowest BCUT2D eigenvalue weighted by atomic mass is 9.92. The SMILES string of the molecule is CC(C)(C)CCNC(=O)N[C@@H](CO)C(=O)O. The summed E-state index contributed by atoms with van der Waals surface area (Å²) in [5.41, 5.74) is 0.108. The van der Waals surface area contributed by atoms with E-state index in [1.165, 1.54) is 0 Å². The van der Waals surface area contributed by atoms with Gasteiger partial charge in [-0.05, 0) is 11.8 Å². The molecule has 0 radical (unpaired) electrons. The van der Waals surface area contributed by atoms with E-state index >= 15 is 0 Å². The minimum Gasteiger partial charge on any atom is -0.480 e. The van der Waals surface area contributed by atoms with Gasteiger partial charge in [0.1, 0.15) is 0 Å². The van der Waals surface area contributed by atoms with Crippen molar-refractivity contribution in [2.45, 2.75) is 33.2 Å². The van der Waals surface area contributed by atoms with Crippen LogP contribution >= 0.6 is 0 Å². The molecule has 0 saturated heterocycles. The Morgan fingerprint density at radius 1 is 1.31 bits per heavy atom. The standard InChI is InChI=1S/C10H20N2O4/c1-10(2,3)4-5-11-9(16)12-7(6-13)8(14)15/h7,13H,4-6H2,1-3H3,(H,14,15)(H2,11,12,16)/t7-/m0/s1. The number of aliphatic carboxylic acids is 1. The molecule has 94 valence electrons. The van der Waals surface area contributed by atoms with Gasteiger partial charge in [-0.2, -0.15) is 0 Å². The van der Waals surface area contributed by atoms with Crippen LogP contribution in [0.15, 0.2) is 0 Å². The number of carboxylic acids is 1. The van der Waals surface area contributed by atoms with Gasteiger partial charge in [0.25, 0.3) is 0 Å². The van der Waals surface area contributed by atoms with E-state index < -0.39 is 24.6 Å². The predicted octanol–water partition coefficient (Wildman–Crippen LogP) is 0.167. The summed E-state index contributed by atoms with van der Waals surface area (Å²) in [5.74, 6) is -1.26. The molecule has 0 bridgehead atoms. The minimum absolute atomic E-state index is 0.108. The Labute approximate surface area is 95.0 Å². The molecule has 0 aromatic heterocycles. The van der Waals surface area contributed by atoms with Crippen LogP contribution in [0.5, 0.6) is 0 Å². The molecule has 0 spiro atoms. The van der Waals surface area contributed by atoms with Gasteiger partial charge < -0.3 is 20.8 Å². The lowest BCUT2D eigenvalue weighted by molar-refractivity contribution is -0.140. The van der Waals surface area contributed by atoms with Crippen molar-refractivity contribution in [3.05, 3.63) is 0 Å². The molecular formula is C10H20N2O4. The van der Waals surface area contributed by atoms with Gasteiger partial charge >= 0.3 is 12.0 Å². The quantitative estimate of drug-likeness (QED) is 0.543. The summed E-state index contributed by atoms with van der Waals surface area (Å²) in [7, 11) is 0. The molecule has 0 fully saturated rings. The van der Waals surface area contributed by atoms with Crippen molar-refractivity contribution < 1.29 is 19.8 Å². The maximum absolute atomic E-state index is 11.2. The van der Waals surface area contributed by atoms with E-state index in [2.05, 4.69) is 10.6 Å². The zero-order valence-electron chi connectivity index (χ0n) is 9.91. The van der Waals surface area contributed by atoms with Crippen molar-refractivity contribution in [1.82, 2.24) is 10.6 Å². The number of hydrogen-bond donors (Lipinski definition) is 4. The Morgan fingerprint density at radius 3 is 2.25 bits per heavy atom. The van der Waals surface area contributed by atoms with Gasteiger partial charge in [-0.25, -0.2) is 9.59 Å². The Balaban J connectivity index is 3.86. The topological polar surface area (TPSA) is 98.7 Å². The highest BCUT2D eigenvalue weighted by Gasteiger charge is 2.18. The fraction of sp³-hybridized carbons (Fsp3) is 0.800. The maximum atomic E-state index is 11.2. The molecular weight excluding hydrogens is 212 g/mol. The van der Waals surface area contributed by atoms with E-state index in [-0.39, 0.29) is 5.41 Å². The van der Waals surface area contributed by atoms with Crippen LogP contribution in [0.2, 0.25) is 0 Å². The zero-order valence-corrected chi connectivity index (χ0v) is 9.91. The first-order valence-electron chi connectivity index (χ1n) is 5.14. The third-order valence-corrected chi connectivity index (χ3v) is 1.95. The molecule has 6 heteroatoms. The third-order valence-electron chi connectivity index (χ3n) is 1.95. The highest BCUT2D eigenvalue weighted by atomic mass is 16.4. The first-order valence-corrected chi connectivity index (χ1v) is 5.14. The molecule has 0 aliphatic rings. The lowest BCUT2D eigenvalue weighted by Crippen LogP contribution is -2.48. The van der Waals surface area contributed by atoms with Crippen LogP contribution in [0.25, 0.3) is 0 Å². The molecule has 1 atom stereocenters. The maximum Gasteiger partial charge on any atom is 0.328 e. The zero-order chi connectivity index (χ0) is 12.8. The number of rotatable bonds is 5. The van der Waals surface area contributed by atoms with Gasteiger partial charge in [-0.15, -0.1) is 0 Å². The fourth-order valence-electron chi connectivity index (χ4n) is 0.946. The van der Waals surface area contributed by atoms with Gasteiger partial charge in [0.2, 0.25) is 0 Å². The molecule has 0 aromatic rings. The molecule has 0 saturated carbocycles. The van der Waals surface area contributed by atoms with Gasteiger partial charge in [0.05, 0.1) is 6.61 Å². The summed E-state index contributed by atoms with van der Waals surface area (Å²) in [4.78, 5) is 21.7. The van der Waals surface area contributed by atoms with Crippen molar-refractivity contribution in [3.8, 4) is 0 Å². The number of aliphatic hydroxyl groups excluding tert-OH is 1. The van der Waals surface area contributed by atoms with Crippen LogP contribution in [0.1, 0.15) is 27.2 Å². The number of carbonyl (C=O) groups excluding carboxylic acids is 1. The van der Waals surface area contributed by atoms with E-state index in [1.807, 2.05) is 20.8 Å². The summed E-state index contributed by atoms with van der Waals surface area (Å²) >= 11 is 0. The van der Waals surface area contributed by atoms with Crippen LogP contribution in [0.4, 0.5) is 4.79 Å². The van der Waals surface area contributed by atoms with E-state index in [9.17, 15) is 9.59 Å². The fourth-order valence-corrected chi connectivity index (χ4v) is 0.946. The summed E-state index contributed by atoms with van der Waals surface area (Å²) in [5, 5.41) is 21.9.